The third-order valence-electron chi connectivity index (χ3n) is 2.73. The van der Waals surface area contributed by atoms with Crippen LogP contribution in [0.3, 0.4) is 0 Å². The van der Waals surface area contributed by atoms with Crippen LogP contribution in [0.1, 0.15) is 21.3 Å². The van der Waals surface area contributed by atoms with Crippen LogP contribution in [0.2, 0.25) is 0 Å². The molecule has 0 aliphatic rings. The van der Waals surface area contributed by atoms with Crippen molar-refractivity contribution in [3.8, 4) is 0 Å². The second-order valence-corrected chi connectivity index (χ2v) is 4.52. The maximum Gasteiger partial charge on any atom is 0.270 e. The van der Waals surface area contributed by atoms with Crippen molar-refractivity contribution in [3.63, 3.8) is 0 Å². The number of non-ortho nitro benzene ring substituents is 1. The van der Waals surface area contributed by atoms with Crippen LogP contribution in [0, 0.1) is 15.9 Å². The number of alkyl halides is 1. The monoisotopic (exact) mass is 293 g/mol. The number of rotatable bonds is 4. The van der Waals surface area contributed by atoms with Crippen LogP contribution in [0.5, 0.6) is 0 Å². The van der Waals surface area contributed by atoms with Gasteiger partial charge in [-0.2, -0.15) is 0 Å². The van der Waals surface area contributed by atoms with Gasteiger partial charge in [0.25, 0.3) is 5.69 Å². The molecule has 6 heteroatoms. The molecule has 1 atom stereocenters. The van der Waals surface area contributed by atoms with Crippen molar-refractivity contribution in [1.29, 1.82) is 0 Å². The summed E-state index contributed by atoms with van der Waals surface area (Å²) in [5.41, 5.74) is 0.395. The van der Waals surface area contributed by atoms with Crippen LogP contribution in [-0.2, 0) is 0 Å². The molecule has 0 fully saturated rings. The molecule has 0 radical (unpaired) electrons. The van der Waals surface area contributed by atoms with Crippen LogP contribution in [0.15, 0.2) is 48.5 Å². The first kappa shape index (κ1) is 14.1. The molecule has 0 spiro atoms. The minimum absolute atomic E-state index is 0.142. The number of halogens is 2. The van der Waals surface area contributed by atoms with Gasteiger partial charge in [0.1, 0.15) is 11.2 Å². The Morgan fingerprint density at radius 3 is 2.45 bits per heavy atom. The number of benzene rings is 2. The highest BCUT2D eigenvalue weighted by Gasteiger charge is 2.21. The SMILES string of the molecule is O=C(c1cccc([N+](=O)[O-])c1)C(Cl)c1ccc(F)cc1. The van der Waals surface area contributed by atoms with E-state index in [0.29, 0.717) is 5.56 Å². The summed E-state index contributed by atoms with van der Waals surface area (Å²) in [6, 6.07) is 10.5. The molecule has 1 unspecified atom stereocenters. The van der Waals surface area contributed by atoms with Gasteiger partial charge in [-0.1, -0.05) is 24.3 Å². The number of nitro benzene ring substituents is 1. The topological polar surface area (TPSA) is 60.2 Å². The van der Waals surface area contributed by atoms with E-state index in [1.165, 1.54) is 48.5 Å². The van der Waals surface area contributed by atoms with E-state index in [1.54, 1.807) is 0 Å². The first-order chi connectivity index (χ1) is 9.49. The summed E-state index contributed by atoms with van der Waals surface area (Å²) in [7, 11) is 0. The number of nitrogens with zero attached hydrogens (tertiary/aromatic N) is 1. The normalized spacial score (nSPS) is 11.9. The molecule has 2 rings (SSSR count). The average Bonchev–Trinajstić information content (AvgIpc) is 2.46. The predicted octanol–water partition coefficient (Wildman–Crippen LogP) is 3.90. The predicted molar refractivity (Wildman–Crippen MR) is 72.4 cm³/mol. The molecule has 0 aliphatic heterocycles. The highest BCUT2D eigenvalue weighted by atomic mass is 35.5. The van der Waals surface area contributed by atoms with E-state index in [2.05, 4.69) is 0 Å². The zero-order valence-electron chi connectivity index (χ0n) is 10.1. The number of carbonyl (C=O) groups excluding carboxylic acids is 1. The van der Waals surface area contributed by atoms with Crippen LogP contribution in [0.25, 0.3) is 0 Å². The van der Waals surface area contributed by atoms with E-state index in [4.69, 9.17) is 11.6 Å². The van der Waals surface area contributed by atoms with Crippen LogP contribution < -0.4 is 0 Å². The van der Waals surface area contributed by atoms with Gasteiger partial charge in [-0.15, -0.1) is 11.6 Å². The number of Topliss-reactive ketones (excluding diaryl/α,β-unsaturated/α-hetero) is 1. The highest BCUT2D eigenvalue weighted by molar-refractivity contribution is 6.33. The summed E-state index contributed by atoms with van der Waals surface area (Å²) in [4.78, 5) is 22.2. The molecule has 0 aromatic heterocycles. The molecule has 0 aliphatic carbocycles. The Morgan fingerprint density at radius 2 is 1.85 bits per heavy atom. The van der Waals surface area contributed by atoms with Gasteiger partial charge >= 0.3 is 0 Å². The summed E-state index contributed by atoms with van der Waals surface area (Å²) in [5, 5.41) is 9.66. The molecule has 20 heavy (non-hydrogen) atoms. The van der Waals surface area contributed by atoms with Crippen molar-refractivity contribution in [3.05, 3.63) is 75.6 Å². The molecule has 0 saturated carbocycles. The molecule has 0 N–H and O–H groups in total. The fraction of sp³-hybridized carbons (Fsp3) is 0.0714. The molecule has 0 heterocycles. The van der Waals surface area contributed by atoms with Gasteiger partial charge in [0.15, 0.2) is 5.78 Å². The highest BCUT2D eigenvalue weighted by Crippen LogP contribution is 2.26. The first-order valence-electron chi connectivity index (χ1n) is 5.67. The van der Waals surface area contributed by atoms with E-state index >= 15 is 0 Å². The Kier molecular flexibility index (Phi) is 4.10. The lowest BCUT2D eigenvalue weighted by atomic mass is 10.0. The summed E-state index contributed by atoms with van der Waals surface area (Å²) in [5.74, 6) is -0.901. The zero-order valence-corrected chi connectivity index (χ0v) is 10.9. The Bertz CT molecular complexity index is 658. The molecule has 4 nitrogen and oxygen atoms in total. The third kappa shape index (κ3) is 3.00. The smallest absolute Gasteiger partial charge is 0.270 e. The van der Waals surface area contributed by atoms with Crippen molar-refractivity contribution < 1.29 is 14.1 Å². The zero-order chi connectivity index (χ0) is 14.7. The van der Waals surface area contributed by atoms with Gasteiger partial charge in [-0.05, 0) is 17.7 Å². The standard InChI is InChI=1S/C14H9ClFNO3/c15-13(9-4-6-11(16)7-5-9)14(18)10-2-1-3-12(8-10)17(19)20/h1-8,13H. The average molecular weight is 294 g/mol. The molecule has 2 aromatic carbocycles. The van der Waals surface area contributed by atoms with Gasteiger partial charge in [0.05, 0.1) is 4.92 Å². The van der Waals surface area contributed by atoms with E-state index in [1.807, 2.05) is 0 Å². The van der Waals surface area contributed by atoms with Crippen molar-refractivity contribution in [2.24, 2.45) is 0 Å². The number of hydrogen-bond donors (Lipinski definition) is 0. The fourth-order valence-corrected chi connectivity index (χ4v) is 1.97. The van der Waals surface area contributed by atoms with Crippen molar-refractivity contribution >= 4 is 23.1 Å². The second-order valence-electron chi connectivity index (χ2n) is 4.09. The van der Waals surface area contributed by atoms with E-state index in [0.717, 1.165) is 0 Å². The molecule has 102 valence electrons. The van der Waals surface area contributed by atoms with Crippen LogP contribution in [0.4, 0.5) is 10.1 Å². The Hall–Kier alpha value is -2.27. The number of hydrogen-bond acceptors (Lipinski definition) is 3. The summed E-state index contributed by atoms with van der Waals surface area (Å²) < 4.78 is 12.8. The van der Waals surface area contributed by atoms with E-state index < -0.39 is 21.9 Å². The second kappa shape index (κ2) is 5.79. The van der Waals surface area contributed by atoms with Gasteiger partial charge in [0.2, 0.25) is 0 Å². The van der Waals surface area contributed by atoms with Crippen LogP contribution >= 0.6 is 11.6 Å². The minimum Gasteiger partial charge on any atom is -0.292 e. The Balaban J connectivity index is 2.28. The van der Waals surface area contributed by atoms with E-state index in [9.17, 15) is 19.3 Å². The number of carbonyl (C=O) groups is 1. The fourth-order valence-electron chi connectivity index (χ4n) is 1.70. The molecule has 2 aromatic rings. The van der Waals surface area contributed by atoms with Gasteiger partial charge in [0, 0.05) is 17.7 Å². The summed E-state index contributed by atoms with van der Waals surface area (Å²) >= 11 is 6.03. The molecule has 0 bridgehead atoms. The maximum absolute atomic E-state index is 12.8. The lowest BCUT2D eigenvalue weighted by molar-refractivity contribution is -0.384. The lowest BCUT2D eigenvalue weighted by Gasteiger charge is -2.08. The minimum atomic E-state index is -1.02. The molecular formula is C14H9ClFNO3. The quantitative estimate of drug-likeness (QED) is 0.372. The number of ketones is 1. The lowest BCUT2D eigenvalue weighted by Crippen LogP contribution is -2.08. The molecular weight excluding hydrogens is 285 g/mol. The maximum atomic E-state index is 12.8. The van der Waals surface area contributed by atoms with Crippen molar-refractivity contribution in [2.45, 2.75) is 5.38 Å². The Morgan fingerprint density at radius 1 is 1.20 bits per heavy atom. The summed E-state index contributed by atoms with van der Waals surface area (Å²) in [6.45, 7) is 0. The molecule has 0 saturated heterocycles. The van der Waals surface area contributed by atoms with Gasteiger partial charge < -0.3 is 0 Å². The number of nitro groups is 1. The van der Waals surface area contributed by atoms with E-state index in [-0.39, 0.29) is 11.3 Å². The third-order valence-corrected chi connectivity index (χ3v) is 3.18. The largest absolute Gasteiger partial charge is 0.292 e. The molecule has 0 amide bonds. The van der Waals surface area contributed by atoms with Gasteiger partial charge in [-0.3, -0.25) is 14.9 Å². The van der Waals surface area contributed by atoms with Crippen LogP contribution in [-0.4, -0.2) is 10.7 Å². The summed E-state index contributed by atoms with van der Waals surface area (Å²) in [6.07, 6.45) is 0. The van der Waals surface area contributed by atoms with Gasteiger partial charge in [-0.25, -0.2) is 4.39 Å². The first-order valence-corrected chi connectivity index (χ1v) is 6.11. The Labute approximate surface area is 119 Å². The van der Waals surface area contributed by atoms with Crippen molar-refractivity contribution in [1.82, 2.24) is 0 Å². The van der Waals surface area contributed by atoms with Crippen molar-refractivity contribution in [2.75, 3.05) is 0 Å².